The zero-order valence-electron chi connectivity index (χ0n) is 13.2. The van der Waals surface area contributed by atoms with E-state index in [1.54, 1.807) is 5.56 Å². The number of thioether (sulfide) groups is 1. The summed E-state index contributed by atoms with van der Waals surface area (Å²) in [5.41, 5.74) is 3.00. The van der Waals surface area contributed by atoms with Crippen molar-refractivity contribution < 1.29 is 0 Å². The number of benzene rings is 1. The van der Waals surface area contributed by atoms with E-state index in [9.17, 15) is 0 Å². The minimum absolute atomic E-state index is 0.495. The molecule has 1 aliphatic carbocycles. The summed E-state index contributed by atoms with van der Waals surface area (Å²) in [5.74, 6) is 2.02. The Bertz CT molecular complexity index is 383. The van der Waals surface area contributed by atoms with E-state index in [0.29, 0.717) is 6.04 Å². The number of rotatable bonds is 8. The Labute approximate surface area is 128 Å². The standard InChI is InChI=1S/C18H29NS/c1-4-14(3)20-13-18(19-5-2)17-11-9-16(10-12-17)15-7-6-8-15/h9-12,14-15,18-19H,4-8,13H2,1-3H3. The first kappa shape index (κ1) is 15.9. The molecule has 2 atom stereocenters. The first-order chi connectivity index (χ1) is 9.74. The molecule has 1 aromatic rings. The van der Waals surface area contributed by atoms with Gasteiger partial charge in [-0.3, -0.25) is 0 Å². The van der Waals surface area contributed by atoms with E-state index in [1.807, 2.05) is 0 Å². The highest BCUT2D eigenvalue weighted by Gasteiger charge is 2.19. The lowest BCUT2D eigenvalue weighted by molar-refractivity contribution is 0.419. The van der Waals surface area contributed by atoms with Gasteiger partial charge in [-0.2, -0.15) is 11.8 Å². The van der Waals surface area contributed by atoms with Crippen molar-refractivity contribution in [1.29, 1.82) is 0 Å². The summed E-state index contributed by atoms with van der Waals surface area (Å²) < 4.78 is 0. The van der Waals surface area contributed by atoms with E-state index in [2.05, 4.69) is 62.1 Å². The van der Waals surface area contributed by atoms with Crippen molar-refractivity contribution in [3.8, 4) is 0 Å². The van der Waals surface area contributed by atoms with Crippen LogP contribution in [-0.4, -0.2) is 17.5 Å². The summed E-state index contributed by atoms with van der Waals surface area (Å²) >= 11 is 2.08. The topological polar surface area (TPSA) is 12.0 Å². The normalized spacial score (nSPS) is 18.6. The van der Waals surface area contributed by atoms with Crippen LogP contribution in [0.1, 0.15) is 69.5 Å². The predicted molar refractivity (Wildman–Crippen MR) is 91.7 cm³/mol. The van der Waals surface area contributed by atoms with Crippen molar-refractivity contribution in [3.63, 3.8) is 0 Å². The van der Waals surface area contributed by atoms with Gasteiger partial charge in [-0.1, -0.05) is 51.5 Å². The first-order valence-electron chi connectivity index (χ1n) is 8.19. The molecule has 0 aliphatic heterocycles. The highest BCUT2D eigenvalue weighted by Crippen LogP contribution is 2.36. The van der Waals surface area contributed by atoms with Gasteiger partial charge < -0.3 is 5.32 Å². The molecule has 0 aromatic heterocycles. The zero-order valence-corrected chi connectivity index (χ0v) is 14.0. The largest absolute Gasteiger partial charge is 0.310 e. The fourth-order valence-corrected chi connectivity index (χ4v) is 3.71. The van der Waals surface area contributed by atoms with Crippen LogP contribution < -0.4 is 5.32 Å². The maximum atomic E-state index is 3.63. The minimum Gasteiger partial charge on any atom is -0.310 e. The molecule has 112 valence electrons. The van der Waals surface area contributed by atoms with Crippen molar-refractivity contribution in [2.24, 2.45) is 0 Å². The quantitative estimate of drug-likeness (QED) is 0.712. The molecule has 1 nitrogen and oxygen atoms in total. The molecular weight excluding hydrogens is 262 g/mol. The summed E-state index contributed by atoms with van der Waals surface area (Å²) in [6.45, 7) is 7.83. The molecule has 0 bridgehead atoms. The summed E-state index contributed by atoms with van der Waals surface area (Å²) in [7, 11) is 0. The second kappa shape index (κ2) is 8.09. The monoisotopic (exact) mass is 291 g/mol. The van der Waals surface area contributed by atoms with Gasteiger partial charge in [0.15, 0.2) is 0 Å². The molecule has 1 fully saturated rings. The molecule has 1 N–H and O–H groups in total. The van der Waals surface area contributed by atoms with E-state index in [0.717, 1.165) is 17.7 Å². The first-order valence-corrected chi connectivity index (χ1v) is 9.24. The lowest BCUT2D eigenvalue weighted by Crippen LogP contribution is -2.23. The molecule has 2 unspecified atom stereocenters. The van der Waals surface area contributed by atoms with Gasteiger partial charge in [0.05, 0.1) is 0 Å². The van der Waals surface area contributed by atoms with E-state index >= 15 is 0 Å². The van der Waals surface area contributed by atoms with Crippen molar-refractivity contribution in [1.82, 2.24) is 5.32 Å². The molecule has 1 saturated carbocycles. The van der Waals surface area contributed by atoms with Gasteiger partial charge in [0, 0.05) is 17.0 Å². The fraction of sp³-hybridized carbons (Fsp3) is 0.667. The van der Waals surface area contributed by atoms with Gasteiger partial charge in [-0.05, 0) is 42.9 Å². The molecule has 1 aliphatic rings. The molecule has 2 heteroatoms. The average molecular weight is 292 g/mol. The van der Waals surface area contributed by atoms with Gasteiger partial charge in [0.2, 0.25) is 0 Å². The van der Waals surface area contributed by atoms with Gasteiger partial charge >= 0.3 is 0 Å². The van der Waals surface area contributed by atoms with E-state index in [1.165, 1.54) is 37.0 Å². The molecule has 20 heavy (non-hydrogen) atoms. The zero-order chi connectivity index (χ0) is 14.4. The maximum absolute atomic E-state index is 3.63. The Kier molecular flexibility index (Phi) is 6.44. The van der Waals surface area contributed by atoms with Crippen LogP contribution in [0, 0.1) is 0 Å². The molecule has 0 spiro atoms. The van der Waals surface area contributed by atoms with E-state index < -0.39 is 0 Å². The van der Waals surface area contributed by atoms with Gasteiger partial charge in [-0.15, -0.1) is 0 Å². The Morgan fingerprint density at radius 2 is 1.90 bits per heavy atom. The van der Waals surface area contributed by atoms with Crippen LogP contribution in [0.15, 0.2) is 24.3 Å². The minimum atomic E-state index is 0.495. The lowest BCUT2D eigenvalue weighted by atomic mass is 9.80. The van der Waals surface area contributed by atoms with Crippen LogP contribution in [0.25, 0.3) is 0 Å². The highest BCUT2D eigenvalue weighted by atomic mass is 32.2. The third kappa shape index (κ3) is 4.26. The van der Waals surface area contributed by atoms with Crippen molar-refractivity contribution in [3.05, 3.63) is 35.4 Å². The molecule has 0 amide bonds. The number of hydrogen-bond acceptors (Lipinski definition) is 2. The van der Waals surface area contributed by atoms with Crippen LogP contribution in [0.2, 0.25) is 0 Å². The number of nitrogens with one attached hydrogen (secondary N) is 1. The summed E-state index contributed by atoms with van der Waals surface area (Å²) in [5, 5.41) is 4.39. The molecule has 2 rings (SSSR count). The van der Waals surface area contributed by atoms with Gasteiger partial charge in [-0.25, -0.2) is 0 Å². The van der Waals surface area contributed by atoms with Gasteiger partial charge in [0.25, 0.3) is 0 Å². The van der Waals surface area contributed by atoms with Crippen molar-refractivity contribution in [2.45, 2.75) is 63.7 Å². The molecular formula is C18H29NS. The molecule has 0 heterocycles. The Morgan fingerprint density at radius 3 is 2.40 bits per heavy atom. The third-order valence-corrected chi connectivity index (χ3v) is 5.92. The Morgan fingerprint density at radius 1 is 1.20 bits per heavy atom. The summed E-state index contributed by atoms with van der Waals surface area (Å²) in [6, 6.07) is 9.90. The fourth-order valence-electron chi connectivity index (χ4n) is 2.64. The van der Waals surface area contributed by atoms with Crippen molar-refractivity contribution >= 4 is 11.8 Å². The van der Waals surface area contributed by atoms with E-state index in [4.69, 9.17) is 0 Å². The predicted octanol–water partition coefficient (Wildman–Crippen LogP) is 5.14. The lowest BCUT2D eigenvalue weighted by Gasteiger charge is -2.26. The van der Waals surface area contributed by atoms with Crippen LogP contribution >= 0.6 is 11.8 Å². The highest BCUT2D eigenvalue weighted by molar-refractivity contribution is 7.99. The second-order valence-corrected chi connectivity index (χ2v) is 7.43. The summed E-state index contributed by atoms with van der Waals surface area (Å²) in [6.07, 6.45) is 5.45. The maximum Gasteiger partial charge on any atom is 0.0411 e. The molecule has 0 saturated heterocycles. The smallest absolute Gasteiger partial charge is 0.0411 e. The Balaban J connectivity index is 1.96. The second-order valence-electron chi connectivity index (χ2n) is 5.96. The molecule has 1 aromatic carbocycles. The van der Waals surface area contributed by atoms with Gasteiger partial charge in [0.1, 0.15) is 0 Å². The molecule has 0 radical (unpaired) electrons. The van der Waals surface area contributed by atoms with E-state index in [-0.39, 0.29) is 0 Å². The van der Waals surface area contributed by atoms with Crippen LogP contribution in [0.4, 0.5) is 0 Å². The van der Waals surface area contributed by atoms with Crippen molar-refractivity contribution in [2.75, 3.05) is 12.3 Å². The summed E-state index contributed by atoms with van der Waals surface area (Å²) in [4.78, 5) is 0. The number of hydrogen-bond donors (Lipinski definition) is 1. The Hall–Kier alpha value is -0.470. The SMILES string of the molecule is CCNC(CSC(C)CC)c1ccc(C2CCC2)cc1. The average Bonchev–Trinajstić information content (AvgIpc) is 2.42. The van der Waals surface area contributed by atoms with Crippen LogP contribution in [-0.2, 0) is 0 Å². The third-order valence-electron chi connectivity index (χ3n) is 4.49. The van der Waals surface area contributed by atoms with Crippen LogP contribution in [0.5, 0.6) is 0 Å². The van der Waals surface area contributed by atoms with Crippen LogP contribution in [0.3, 0.4) is 0 Å².